The number of halogens is 1. The Hall–Kier alpha value is -1.79. The second-order valence-electron chi connectivity index (χ2n) is 5.22. The highest BCUT2D eigenvalue weighted by atomic mass is 35.5. The van der Waals surface area contributed by atoms with Gasteiger partial charge < -0.3 is 20.6 Å². The molecule has 0 bridgehead atoms. The summed E-state index contributed by atoms with van der Waals surface area (Å²) in [5, 5.41) is 14.5. The van der Waals surface area contributed by atoms with Crippen molar-refractivity contribution in [2.75, 3.05) is 32.0 Å². The third-order valence-corrected chi connectivity index (χ3v) is 3.83. The van der Waals surface area contributed by atoms with E-state index in [0.717, 1.165) is 19.5 Å². The van der Waals surface area contributed by atoms with Crippen molar-refractivity contribution in [1.82, 2.24) is 10.2 Å². The molecule has 3 N–H and O–H groups in total. The molecular weight excluding hydrogens is 294 g/mol. The maximum Gasteiger partial charge on any atom is 0.339 e. The maximum atomic E-state index is 11.9. The van der Waals surface area contributed by atoms with Crippen LogP contribution in [0.1, 0.15) is 16.8 Å². The van der Waals surface area contributed by atoms with E-state index in [2.05, 4.69) is 15.5 Å². The summed E-state index contributed by atoms with van der Waals surface area (Å²) in [5.41, 5.74) is 0.0888. The highest BCUT2D eigenvalue weighted by Gasteiger charge is 2.20. The summed E-state index contributed by atoms with van der Waals surface area (Å²) in [4.78, 5) is 25.2. The first-order chi connectivity index (χ1) is 9.97. The predicted octanol–water partition coefficient (Wildman–Crippen LogP) is 2.11. The van der Waals surface area contributed by atoms with Crippen LogP contribution in [0.25, 0.3) is 0 Å². The van der Waals surface area contributed by atoms with Crippen molar-refractivity contribution in [2.24, 2.45) is 5.92 Å². The third kappa shape index (κ3) is 4.09. The Morgan fingerprint density at radius 3 is 2.86 bits per heavy atom. The van der Waals surface area contributed by atoms with Gasteiger partial charge in [0.25, 0.3) is 0 Å². The van der Waals surface area contributed by atoms with Crippen molar-refractivity contribution in [3.63, 3.8) is 0 Å². The number of carboxylic acids is 1. The molecule has 1 unspecified atom stereocenters. The van der Waals surface area contributed by atoms with E-state index in [1.807, 2.05) is 7.05 Å². The summed E-state index contributed by atoms with van der Waals surface area (Å²) in [6.45, 7) is 2.56. The number of carbonyl (C=O) groups is 2. The Bertz CT molecular complexity index is 550. The number of nitrogens with zero attached hydrogens (tertiary/aromatic N) is 1. The van der Waals surface area contributed by atoms with Gasteiger partial charge in [0.1, 0.15) is 5.56 Å². The van der Waals surface area contributed by atoms with Crippen LogP contribution in [0.15, 0.2) is 18.2 Å². The number of carboxylic acid groups (broad SMARTS) is 1. The largest absolute Gasteiger partial charge is 0.478 e. The van der Waals surface area contributed by atoms with E-state index in [9.17, 15) is 9.59 Å². The highest BCUT2D eigenvalue weighted by Crippen LogP contribution is 2.24. The summed E-state index contributed by atoms with van der Waals surface area (Å²) >= 11 is 5.85. The van der Waals surface area contributed by atoms with Gasteiger partial charge in [0.05, 0.1) is 10.7 Å². The molecule has 0 radical (unpaired) electrons. The van der Waals surface area contributed by atoms with Gasteiger partial charge in [0, 0.05) is 13.1 Å². The minimum absolute atomic E-state index is 0.0951. The summed E-state index contributed by atoms with van der Waals surface area (Å²) < 4.78 is 0. The zero-order chi connectivity index (χ0) is 15.4. The number of hydrogen-bond donors (Lipinski definition) is 3. The lowest BCUT2D eigenvalue weighted by Gasteiger charge is -2.14. The summed E-state index contributed by atoms with van der Waals surface area (Å²) in [7, 11) is 2.05. The molecule has 1 aromatic rings. The van der Waals surface area contributed by atoms with Crippen molar-refractivity contribution in [2.45, 2.75) is 6.42 Å². The van der Waals surface area contributed by atoms with Gasteiger partial charge in [0.15, 0.2) is 0 Å². The Morgan fingerprint density at radius 2 is 2.24 bits per heavy atom. The first kappa shape index (κ1) is 15.6. The molecule has 2 rings (SSSR count). The van der Waals surface area contributed by atoms with Crippen LogP contribution in [0.2, 0.25) is 5.02 Å². The van der Waals surface area contributed by atoms with E-state index < -0.39 is 12.0 Å². The number of rotatable bonds is 4. The van der Waals surface area contributed by atoms with Crippen molar-refractivity contribution in [3.8, 4) is 0 Å². The normalized spacial score (nSPS) is 18.5. The third-order valence-electron chi connectivity index (χ3n) is 3.52. The van der Waals surface area contributed by atoms with E-state index >= 15 is 0 Å². The number of carbonyl (C=O) groups excluding carboxylic acids is 1. The van der Waals surface area contributed by atoms with Crippen LogP contribution in [0.3, 0.4) is 0 Å². The Kier molecular flexibility index (Phi) is 5.03. The molecule has 7 heteroatoms. The number of aromatic carboxylic acids is 1. The highest BCUT2D eigenvalue weighted by molar-refractivity contribution is 6.34. The number of anilines is 1. The fraction of sp³-hybridized carbons (Fsp3) is 0.429. The van der Waals surface area contributed by atoms with Crippen molar-refractivity contribution < 1.29 is 14.7 Å². The minimum Gasteiger partial charge on any atom is -0.478 e. The number of benzene rings is 1. The SMILES string of the molecule is CN1CCC(CNC(=O)Nc2cccc(Cl)c2C(=O)O)C1. The first-order valence-electron chi connectivity index (χ1n) is 6.72. The molecule has 6 nitrogen and oxygen atoms in total. The lowest BCUT2D eigenvalue weighted by atomic mass is 10.1. The van der Waals surface area contributed by atoms with Crippen LogP contribution < -0.4 is 10.6 Å². The molecule has 1 aromatic carbocycles. The van der Waals surface area contributed by atoms with Crippen molar-refractivity contribution >= 4 is 29.3 Å². The Morgan fingerprint density at radius 1 is 1.48 bits per heavy atom. The molecule has 0 saturated carbocycles. The van der Waals surface area contributed by atoms with Crippen LogP contribution in [-0.2, 0) is 0 Å². The molecule has 2 amide bonds. The molecule has 1 saturated heterocycles. The molecule has 21 heavy (non-hydrogen) atoms. The van der Waals surface area contributed by atoms with Crippen LogP contribution >= 0.6 is 11.6 Å². The molecule has 114 valence electrons. The first-order valence-corrected chi connectivity index (χ1v) is 7.10. The van der Waals surface area contributed by atoms with Crippen LogP contribution in [0, 0.1) is 5.92 Å². The monoisotopic (exact) mass is 311 g/mol. The van der Waals surface area contributed by atoms with Crippen molar-refractivity contribution in [3.05, 3.63) is 28.8 Å². The van der Waals surface area contributed by atoms with Gasteiger partial charge >= 0.3 is 12.0 Å². The summed E-state index contributed by atoms with van der Waals surface area (Å²) in [5.74, 6) is -0.743. The molecule has 1 aliphatic heterocycles. The minimum atomic E-state index is -1.17. The lowest BCUT2D eigenvalue weighted by molar-refractivity contribution is 0.0698. The Balaban J connectivity index is 1.94. The van der Waals surface area contributed by atoms with Gasteiger partial charge in [-0.25, -0.2) is 9.59 Å². The Labute approximate surface area is 128 Å². The average molecular weight is 312 g/mol. The van der Waals surface area contributed by atoms with Crippen LogP contribution in [-0.4, -0.2) is 48.7 Å². The average Bonchev–Trinajstić information content (AvgIpc) is 2.82. The second kappa shape index (κ2) is 6.78. The standard InChI is InChI=1S/C14H18ClN3O3/c1-18-6-5-9(8-18)7-16-14(21)17-11-4-2-3-10(15)12(11)13(19)20/h2-4,9H,5-8H2,1H3,(H,19,20)(H2,16,17,21). The smallest absolute Gasteiger partial charge is 0.339 e. The van der Waals surface area contributed by atoms with E-state index in [1.54, 1.807) is 6.07 Å². The van der Waals surface area contributed by atoms with Gasteiger partial charge in [-0.2, -0.15) is 0 Å². The van der Waals surface area contributed by atoms with E-state index in [4.69, 9.17) is 16.7 Å². The number of likely N-dealkylation sites (tertiary alicyclic amines) is 1. The van der Waals surface area contributed by atoms with Crippen molar-refractivity contribution in [1.29, 1.82) is 0 Å². The fourth-order valence-corrected chi connectivity index (χ4v) is 2.70. The second-order valence-corrected chi connectivity index (χ2v) is 5.63. The molecule has 0 spiro atoms. The maximum absolute atomic E-state index is 11.9. The van der Waals surface area contributed by atoms with Gasteiger partial charge in [-0.1, -0.05) is 17.7 Å². The molecule has 0 aliphatic carbocycles. The summed E-state index contributed by atoms with van der Waals surface area (Å²) in [6.07, 6.45) is 1.05. The quantitative estimate of drug-likeness (QED) is 0.795. The number of hydrogen-bond acceptors (Lipinski definition) is 3. The molecular formula is C14H18ClN3O3. The topological polar surface area (TPSA) is 81.7 Å². The molecule has 1 aliphatic rings. The zero-order valence-corrected chi connectivity index (χ0v) is 12.5. The number of amides is 2. The molecule has 1 atom stereocenters. The van der Waals surface area contributed by atoms with Crippen LogP contribution in [0.5, 0.6) is 0 Å². The zero-order valence-electron chi connectivity index (χ0n) is 11.7. The van der Waals surface area contributed by atoms with Gasteiger partial charge in [-0.05, 0) is 38.1 Å². The van der Waals surface area contributed by atoms with Gasteiger partial charge in [-0.3, -0.25) is 0 Å². The number of urea groups is 1. The van der Waals surface area contributed by atoms with E-state index in [1.165, 1.54) is 12.1 Å². The van der Waals surface area contributed by atoms with Gasteiger partial charge in [0.2, 0.25) is 0 Å². The molecule has 1 heterocycles. The van der Waals surface area contributed by atoms with Gasteiger partial charge in [-0.15, -0.1) is 0 Å². The number of nitrogens with one attached hydrogen (secondary N) is 2. The summed E-state index contributed by atoms with van der Waals surface area (Å²) in [6, 6.07) is 4.16. The van der Waals surface area contributed by atoms with Crippen LogP contribution in [0.4, 0.5) is 10.5 Å². The van der Waals surface area contributed by atoms with E-state index in [0.29, 0.717) is 12.5 Å². The molecule has 1 fully saturated rings. The van der Waals surface area contributed by atoms with E-state index in [-0.39, 0.29) is 16.3 Å². The fourth-order valence-electron chi connectivity index (χ4n) is 2.44. The lowest BCUT2D eigenvalue weighted by Crippen LogP contribution is -2.34. The molecule has 0 aromatic heterocycles. The predicted molar refractivity (Wildman–Crippen MR) is 81.0 cm³/mol.